The van der Waals surface area contributed by atoms with Gasteiger partial charge < -0.3 is 10.6 Å². The second-order valence-electron chi connectivity index (χ2n) is 5.41. The molecular weight excluding hydrogens is 236 g/mol. The topological polar surface area (TPSA) is 46.3 Å². The summed E-state index contributed by atoms with van der Waals surface area (Å²) in [7, 11) is 1.80. The van der Waals surface area contributed by atoms with Gasteiger partial charge in [-0.1, -0.05) is 36.4 Å². The van der Waals surface area contributed by atoms with E-state index in [1.54, 1.807) is 11.9 Å². The van der Waals surface area contributed by atoms with Gasteiger partial charge in [-0.3, -0.25) is 4.79 Å². The first-order chi connectivity index (χ1) is 8.97. The van der Waals surface area contributed by atoms with Crippen LogP contribution in [0.5, 0.6) is 0 Å². The number of hydrogen-bond donors (Lipinski definition) is 1. The van der Waals surface area contributed by atoms with E-state index in [1.165, 1.54) is 0 Å². The van der Waals surface area contributed by atoms with E-state index in [0.29, 0.717) is 6.54 Å². The van der Waals surface area contributed by atoms with Crippen LogP contribution in [0, 0.1) is 0 Å². The minimum Gasteiger partial charge on any atom is -0.335 e. The molecule has 0 unspecified atom stereocenters. The lowest BCUT2D eigenvalue weighted by atomic mass is 9.99. The molecule has 0 aliphatic heterocycles. The summed E-state index contributed by atoms with van der Waals surface area (Å²) >= 11 is 0. The van der Waals surface area contributed by atoms with E-state index < -0.39 is 0 Å². The van der Waals surface area contributed by atoms with Crippen molar-refractivity contribution in [1.82, 2.24) is 4.90 Å². The van der Waals surface area contributed by atoms with Crippen LogP contribution >= 0.6 is 0 Å². The molecule has 2 aromatic carbocycles. The highest BCUT2D eigenvalue weighted by atomic mass is 16.2. The Morgan fingerprint density at radius 3 is 2.47 bits per heavy atom. The number of carbonyl (C=O) groups excluding carboxylic acids is 1. The summed E-state index contributed by atoms with van der Waals surface area (Å²) < 4.78 is 0. The fraction of sp³-hybridized carbons (Fsp3) is 0.312. The first-order valence-electron chi connectivity index (χ1n) is 6.43. The van der Waals surface area contributed by atoms with Crippen molar-refractivity contribution in [2.24, 2.45) is 5.73 Å². The van der Waals surface area contributed by atoms with Crippen LogP contribution < -0.4 is 5.73 Å². The zero-order valence-corrected chi connectivity index (χ0v) is 11.7. The molecule has 0 aromatic heterocycles. The molecule has 0 aliphatic rings. The molecule has 100 valence electrons. The van der Waals surface area contributed by atoms with Crippen molar-refractivity contribution in [2.45, 2.75) is 19.4 Å². The fourth-order valence-electron chi connectivity index (χ4n) is 2.00. The number of nitrogens with zero attached hydrogens (tertiary/aromatic N) is 1. The van der Waals surface area contributed by atoms with Gasteiger partial charge in [0.2, 0.25) is 0 Å². The molecule has 0 bridgehead atoms. The largest absolute Gasteiger partial charge is 0.335 e. The first-order valence-corrected chi connectivity index (χ1v) is 6.43. The molecule has 1 amide bonds. The predicted molar refractivity (Wildman–Crippen MR) is 79.2 cm³/mol. The third-order valence-corrected chi connectivity index (χ3v) is 3.73. The van der Waals surface area contributed by atoms with Crippen LogP contribution in [0.2, 0.25) is 0 Å². The van der Waals surface area contributed by atoms with E-state index in [0.717, 1.165) is 16.3 Å². The maximum absolute atomic E-state index is 12.6. The van der Waals surface area contributed by atoms with Crippen LogP contribution in [0.1, 0.15) is 24.2 Å². The fourth-order valence-corrected chi connectivity index (χ4v) is 2.00. The van der Waals surface area contributed by atoms with Gasteiger partial charge in [0.05, 0.1) is 0 Å². The molecule has 0 saturated carbocycles. The first kappa shape index (κ1) is 13.6. The number of carbonyl (C=O) groups is 1. The van der Waals surface area contributed by atoms with Gasteiger partial charge in [0.15, 0.2) is 0 Å². The maximum atomic E-state index is 12.6. The Kier molecular flexibility index (Phi) is 3.58. The number of amides is 1. The molecule has 0 radical (unpaired) electrons. The second-order valence-corrected chi connectivity index (χ2v) is 5.41. The Labute approximate surface area is 114 Å². The second kappa shape index (κ2) is 5.02. The van der Waals surface area contributed by atoms with Gasteiger partial charge in [0.1, 0.15) is 0 Å². The summed E-state index contributed by atoms with van der Waals surface area (Å²) in [4.78, 5) is 14.4. The van der Waals surface area contributed by atoms with Crippen molar-refractivity contribution in [3.8, 4) is 0 Å². The number of nitrogens with two attached hydrogens (primary N) is 1. The quantitative estimate of drug-likeness (QED) is 0.917. The third-order valence-electron chi connectivity index (χ3n) is 3.73. The number of fused-ring (bicyclic) bond motifs is 1. The minimum atomic E-state index is -0.353. The average Bonchev–Trinajstić information content (AvgIpc) is 2.45. The number of hydrogen-bond acceptors (Lipinski definition) is 2. The van der Waals surface area contributed by atoms with Gasteiger partial charge in [-0.25, -0.2) is 0 Å². The van der Waals surface area contributed by atoms with Crippen LogP contribution in [0.3, 0.4) is 0 Å². The number of benzene rings is 2. The summed E-state index contributed by atoms with van der Waals surface area (Å²) in [5.74, 6) is 0.00671. The van der Waals surface area contributed by atoms with Gasteiger partial charge in [-0.05, 0) is 30.7 Å². The van der Waals surface area contributed by atoms with Gasteiger partial charge in [0, 0.05) is 24.7 Å². The van der Waals surface area contributed by atoms with Crippen LogP contribution in [0.4, 0.5) is 0 Å². The van der Waals surface area contributed by atoms with E-state index >= 15 is 0 Å². The summed E-state index contributed by atoms with van der Waals surface area (Å²) in [6, 6.07) is 13.7. The summed E-state index contributed by atoms with van der Waals surface area (Å²) in [5, 5.41) is 2.06. The molecule has 2 N–H and O–H groups in total. The van der Waals surface area contributed by atoms with Crippen molar-refractivity contribution in [3.05, 3.63) is 48.0 Å². The Morgan fingerprint density at radius 1 is 1.16 bits per heavy atom. The Bertz CT molecular complexity index is 599. The van der Waals surface area contributed by atoms with Crippen LogP contribution in [-0.4, -0.2) is 29.9 Å². The normalized spacial score (nSPS) is 11.6. The smallest absolute Gasteiger partial charge is 0.254 e. The van der Waals surface area contributed by atoms with Gasteiger partial charge in [0.25, 0.3) is 5.91 Å². The number of rotatable bonds is 3. The summed E-state index contributed by atoms with van der Waals surface area (Å²) in [6.45, 7) is 4.37. The van der Waals surface area contributed by atoms with Gasteiger partial charge >= 0.3 is 0 Å². The molecule has 2 aromatic rings. The Hall–Kier alpha value is -1.87. The molecule has 3 nitrogen and oxygen atoms in total. The summed E-state index contributed by atoms with van der Waals surface area (Å²) in [6.07, 6.45) is 0. The van der Waals surface area contributed by atoms with Crippen molar-refractivity contribution in [1.29, 1.82) is 0 Å². The van der Waals surface area contributed by atoms with Crippen molar-refractivity contribution >= 4 is 16.7 Å². The molecule has 0 heterocycles. The monoisotopic (exact) mass is 256 g/mol. The van der Waals surface area contributed by atoms with E-state index in [1.807, 2.05) is 56.3 Å². The Morgan fingerprint density at radius 2 is 1.79 bits per heavy atom. The predicted octanol–water partition coefficient (Wildman–Crippen LogP) is 2.65. The molecule has 2 rings (SSSR count). The molecule has 3 heteroatoms. The molecule has 0 aliphatic carbocycles. The highest BCUT2D eigenvalue weighted by molar-refractivity contribution is 6.07. The van der Waals surface area contributed by atoms with Crippen molar-refractivity contribution in [3.63, 3.8) is 0 Å². The van der Waals surface area contributed by atoms with Crippen molar-refractivity contribution in [2.75, 3.05) is 13.6 Å². The van der Waals surface area contributed by atoms with Crippen LogP contribution in [-0.2, 0) is 0 Å². The van der Waals surface area contributed by atoms with E-state index in [2.05, 4.69) is 0 Å². The Balaban J connectivity index is 2.48. The minimum absolute atomic E-state index is 0.00671. The molecule has 0 saturated heterocycles. The zero-order chi connectivity index (χ0) is 14.0. The highest BCUT2D eigenvalue weighted by Crippen LogP contribution is 2.22. The van der Waals surface area contributed by atoms with Crippen LogP contribution in [0.15, 0.2) is 42.5 Å². The molecule has 19 heavy (non-hydrogen) atoms. The van der Waals surface area contributed by atoms with Crippen LogP contribution in [0.25, 0.3) is 10.8 Å². The lowest BCUT2D eigenvalue weighted by Gasteiger charge is -2.34. The lowest BCUT2D eigenvalue weighted by Crippen LogP contribution is -2.50. The highest BCUT2D eigenvalue weighted by Gasteiger charge is 2.27. The zero-order valence-electron chi connectivity index (χ0n) is 11.7. The molecule has 0 spiro atoms. The molecule has 0 atom stereocenters. The maximum Gasteiger partial charge on any atom is 0.254 e. The molecule has 0 fully saturated rings. The third kappa shape index (κ3) is 2.47. The summed E-state index contributed by atoms with van der Waals surface area (Å²) in [5.41, 5.74) is 6.11. The van der Waals surface area contributed by atoms with E-state index in [9.17, 15) is 4.79 Å². The standard InChI is InChI=1S/C16H20N2O/c1-16(2,11-17)18(3)15(19)14-10-6-8-12-7-4-5-9-13(12)14/h4-10H,11,17H2,1-3H3. The van der Waals surface area contributed by atoms with Crippen molar-refractivity contribution < 1.29 is 4.79 Å². The van der Waals surface area contributed by atoms with E-state index in [4.69, 9.17) is 5.73 Å². The lowest BCUT2D eigenvalue weighted by molar-refractivity contribution is 0.0642. The van der Waals surface area contributed by atoms with Gasteiger partial charge in [-0.15, -0.1) is 0 Å². The number of likely N-dealkylation sites (N-methyl/N-ethyl adjacent to an activating group) is 1. The SMILES string of the molecule is CN(C(=O)c1cccc2ccccc12)C(C)(C)CN. The average molecular weight is 256 g/mol. The molecular formula is C16H20N2O. The van der Waals surface area contributed by atoms with Gasteiger partial charge in [-0.2, -0.15) is 0 Å². The van der Waals surface area contributed by atoms with E-state index in [-0.39, 0.29) is 11.4 Å².